The van der Waals surface area contributed by atoms with E-state index in [1.165, 1.54) is 0 Å². The van der Waals surface area contributed by atoms with Crippen molar-refractivity contribution in [2.24, 2.45) is 18.0 Å². The molecule has 2 rings (SSSR count). The highest BCUT2D eigenvalue weighted by molar-refractivity contribution is 5.99. The third-order valence-corrected chi connectivity index (χ3v) is 2.37. The molecule has 1 aromatic carbocycles. The maximum absolute atomic E-state index is 11.8. The summed E-state index contributed by atoms with van der Waals surface area (Å²) in [5.41, 5.74) is 0.840. The second kappa shape index (κ2) is 8.04. The first-order chi connectivity index (χ1) is 9.24. The number of nitrogens with zero attached hydrogens (tertiary/aromatic N) is 4. The van der Waals surface area contributed by atoms with Gasteiger partial charge in [0.15, 0.2) is 0 Å². The van der Waals surface area contributed by atoms with Gasteiger partial charge in [0.05, 0.1) is 6.21 Å². The zero-order valence-electron chi connectivity index (χ0n) is 10.4. The van der Waals surface area contributed by atoms with Crippen molar-refractivity contribution >= 4 is 17.0 Å². The van der Waals surface area contributed by atoms with Crippen molar-refractivity contribution in [2.45, 2.75) is 0 Å². The van der Waals surface area contributed by atoms with Crippen molar-refractivity contribution in [1.82, 2.24) is 4.57 Å². The van der Waals surface area contributed by atoms with Crippen LogP contribution < -0.4 is 11.4 Å². The standard InChI is InChI=1S/C11H11N3O.2CHN/c1-14-6-5-9-8(7-13-12)3-2-4-10(9)11(14)15;2*1-2/h2-7H,12H2,1H3;2*1H. The molecule has 6 nitrogen and oxygen atoms in total. The van der Waals surface area contributed by atoms with E-state index >= 15 is 0 Å². The van der Waals surface area contributed by atoms with Crippen molar-refractivity contribution in [1.29, 1.82) is 10.5 Å². The van der Waals surface area contributed by atoms with Crippen molar-refractivity contribution < 1.29 is 0 Å². The number of pyridine rings is 1. The molecular weight excluding hydrogens is 242 g/mol. The molecule has 0 saturated heterocycles. The zero-order valence-corrected chi connectivity index (χ0v) is 10.4. The van der Waals surface area contributed by atoms with Crippen molar-refractivity contribution in [3.63, 3.8) is 0 Å². The summed E-state index contributed by atoms with van der Waals surface area (Å²) in [7, 11) is 1.73. The van der Waals surface area contributed by atoms with E-state index in [9.17, 15) is 4.79 Å². The second-order valence-electron chi connectivity index (χ2n) is 3.32. The molecule has 0 aliphatic carbocycles. The number of fused-ring (bicyclic) bond motifs is 1. The Balaban J connectivity index is 0.000000741. The number of hydrazone groups is 1. The molecule has 0 aliphatic rings. The van der Waals surface area contributed by atoms with Crippen LogP contribution in [0.1, 0.15) is 5.56 Å². The van der Waals surface area contributed by atoms with Gasteiger partial charge < -0.3 is 10.4 Å². The number of nitrogens with two attached hydrogens (primary N) is 1. The lowest BCUT2D eigenvalue weighted by Crippen LogP contribution is -2.15. The van der Waals surface area contributed by atoms with Crippen LogP contribution in [0, 0.1) is 23.7 Å². The van der Waals surface area contributed by atoms with Crippen molar-refractivity contribution in [2.75, 3.05) is 0 Å². The highest BCUT2D eigenvalue weighted by Crippen LogP contribution is 2.13. The molecule has 0 saturated carbocycles. The van der Waals surface area contributed by atoms with Crippen molar-refractivity contribution in [3.05, 3.63) is 46.4 Å². The zero-order chi connectivity index (χ0) is 14.8. The number of hydrogen-bond donors (Lipinski definition) is 1. The van der Waals surface area contributed by atoms with E-state index in [4.69, 9.17) is 16.4 Å². The second-order valence-corrected chi connectivity index (χ2v) is 3.32. The molecule has 0 unspecified atom stereocenters. The average Bonchev–Trinajstić information content (AvgIpc) is 2.48. The number of benzene rings is 1. The van der Waals surface area contributed by atoms with Crippen LogP contribution in [0.25, 0.3) is 10.8 Å². The number of hydrogen-bond acceptors (Lipinski definition) is 5. The number of aromatic nitrogens is 1. The van der Waals surface area contributed by atoms with E-state index in [0.29, 0.717) is 5.39 Å². The van der Waals surface area contributed by atoms with Gasteiger partial charge in [-0.25, -0.2) is 10.5 Å². The summed E-state index contributed by atoms with van der Waals surface area (Å²) in [5.74, 6) is 5.11. The Bertz CT molecular complexity index is 661. The molecular formula is C13H13N5O. The Hall–Kier alpha value is -3.12. The Morgan fingerprint density at radius 1 is 1.21 bits per heavy atom. The quantitative estimate of drug-likeness (QED) is 0.467. The number of nitriles is 2. The summed E-state index contributed by atoms with van der Waals surface area (Å²) < 4.78 is 1.55. The first kappa shape index (κ1) is 15.9. The fraction of sp³-hybridized carbons (Fsp3) is 0.0769. The van der Waals surface area contributed by atoms with E-state index in [0.717, 1.165) is 10.9 Å². The van der Waals surface area contributed by atoms with Gasteiger partial charge in [-0.1, -0.05) is 12.1 Å². The Labute approximate surface area is 110 Å². The Kier molecular flexibility index (Phi) is 6.72. The summed E-state index contributed by atoms with van der Waals surface area (Å²) in [6, 6.07) is 7.37. The molecule has 0 radical (unpaired) electrons. The van der Waals surface area contributed by atoms with Gasteiger partial charge in [-0.3, -0.25) is 4.79 Å². The SMILES string of the molecule is C#N.C#N.Cn1ccc2c(C=NN)cccc2c1=O. The van der Waals surface area contributed by atoms with E-state index in [1.807, 2.05) is 18.2 Å². The molecule has 6 heteroatoms. The maximum Gasteiger partial charge on any atom is 0.258 e. The molecule has 1 aromatic heterocycles. The molecule has 0 aliphatic heterocycles. The first-order valence-electron chi connectivity index (χ1n) is 5.07. The number of rotatable bonds is 1. The Morgan fingerprint density at radius 3 is 2.42 bits per heavy atom. The first-order valence-corrected chi connectivity index (χ1v) is 5.07. The summed E-state index contributed by atoms with van der Waals surface area (Å²) in [4.78, 5) is 11.8. The Morgan fingerprint density at radius 2 is 1.84 bits per heavy atom. The molecule has 0 spiro atoms. The van der Waals surface area contributed by atoms with E-state index in [-0.39, 0.29) is 5.56 Å². The minimum Gasteiger partial charge on any atom is -0.323 e. The van der Waals surface area contributed by atoms with Gasteiger partial charge in [0.2, 0.25) is 0 Å². The van der Waals surface area contributed by atoms with Crippen LogP contribution in [0.5, 0.6) is 0 Å². The summed E-state index contributed by atoms with van der Waals surface area (Å²) >= 11 is 0. The van der Waals surface area contributed by atoms with Gasteiger partial charge >= 0.3 is 0 Å². The molecule has 0 amide bonds. The van der Waals surface area contributed by atoms with Crippen LogP contribution in [0.4, 0.5) is 0 Å². The highest BCUT2D eigenvalue weighted by atomic mass is 16.1. The van der Waals surface area contributed by atoms with E-state index in [1.54, 1.807) is 30.1 Å². The predicted molar refractivity (Wildman–Crippen MR) is 74.3 cm³/mol. The lowest BCUT2D eigenvalue weighted by molar-refractivity contribution is 0.873. The third-order valence-electron chi connectivity index (χ3n) is 2.37. The van der Waals surface area contributed by atoms with Gasteiger partial charge in [0, 0.05) is 37.3 Å². The molecule has 19 heavy (non-hydrogen) atoms. The topological polar surface area (TPSA) is 108 Å². The minimum absolute atomic E-state index is 0.0141. The largest absolute Gasteiger partial charge is 0.323 e. The molecule has 1 heterocycles. The molecule has 2 aromatic rings. The van der Waals surface area contributed by atoms with Crippen molar-refractivity contribution in [3.8, 4) is 13.1 Å². The third kappa shape index (κ3) is 3.42. The van der Waals surface area contributed by atoms with Crippen LogP contribution in [0.15, 0.2) is 40.4 Å². The summed E-state index contributed by atoms with van der Waals surface area (Å²) in [6.07, 6.45) is 3.28. The smallest absolute Gasteiger partial charge is 0.258 e. The fourth-order valence-electron chi connectivity index (χ4n) is 1.59. The molecule has 0 fully saturated rings. The summed E-state index contributed by atoms with van der Waals surface area (Å²) in [5, 5.41) is 18.0. The van der Waals surface area contributed by atoms with E-state index < -0.39 is 0 Å². The fourth-order valence-corrected chi connectivity index (χ4v) is 1.59. The minimum atomic E-state index is -0.0141. The summed E-state index contributed by atoms with van der Waals surface area (Å²) in [6.45, 7) is 7.00. The number of aryl methyl sites for hydroxylation is 1. The highest BCUT2D eigenvalue weighted by Gasteiger charge is 2.02. The lowest BCUT2D eigenvalue weighted by atomic mass is 10.1. The van der Waals surface area contributed by atoms with Crippen LogP contribution in [0.2, 0.25) is 0 Å². The normalized spacial score (nSPS) is 9.11. The van der Waals surface area contributed by atoms with Gasteiger partial charge in [-0.2, -0.15) is 5.10 Å². The van der Waals surface area contributed by atoms with Gasteiger partial charge in [0.1, 0.15) is 0 Å². The van der Waals surface area contributed by atoms with Gasteiger partial charge in [-0.05, 0) is 17.5 Å². The molecule has 0 bridgehead atoms. The molecule has 2 N–H and O–H groups in total. The molecule has 0 atom stereocenters. The maximum atomic E-state index is 11.8. The van der Waals surface area contributed by atoms with Gasteiger partial charge in [-0.15, -0.1) is 0 Å². The average molecular weight is 255 g/mol. The van der Waals surface area contributed by atoms with Crippen LogP contribution in [-0.4, -0.2) is 10.8 Å². The molecule has 96 valence electrons. The predicted octanol–water partition coefficient (Wildman–Crippen LogP) is 1.11. The lowest BCUT2D eigenvalue weighted by Gasteiger charge is -2.03. The monoisotopic (exact) mass is 255 g/mol. The van der Waals surface area contributed by atoms with Crippen LogP contribution in [-0.2, 0) is 7.05 Å². The van der Waals surface area contributed by atoms with Gasteiger partial charge in [0.25, 0.3) is 5.56 Å². The van der Waals surface area contributed by atoms with E-state index in [2.05, 4.69) is 18.2 Å². The van der Waals surface area contributed by atoms with Crippen LogP contribution in [0.3, 0.4) is 0 Å². The van der Waals surface area contributed by atoms with Crippen LogP contribution >= 0.6 is 0 Å².